The second-order valence-electron chi connectivity index (χ2n) is 4.92. The summed E-state index contributed by atoms with van der Waals surface area (Å²) < 4.78 is 5.35. The van der Waals surface area contributed by atoms with Gasteiger partial charge in [0.05, 0.1) is 17.0 Å². The molecule has 2 aliphatic rings. The van der Waals surface area contributed by atoms with E-state index in [1.165, 1.54) is 16.9 Å². The van der Waals surface area contributed by atoms with Crippen molar-refractivity contribution in [3.63, 3.8) is 0 Å². The molecule has 1 fully saturated rings. The van der Waals surface area contributed by atoms with E-state index < -0.39 is 0 Å². The lowest BCUT2D eigenvalue weighted by molar-refractivity contribution is 0.0782. The van der Waals surface area contributed by atoms with Gasteiger partial charge in [0.15, 0.2) is 0 Å². The van der Waals surface area contributed by atoms with Crippen molar-refractivity contribution in [2.75, 3.05) is 20.2 Å². The minimum atomic E-state index is 0.0464. The molecule has 0 aromatic carbocycles. The Kier molecular flexibility index (Phi) is 3.37. The average molecular weight is 266 g/mol. The minimum absolute atomic E-state index is 0.0464. The summed E-state index contributed by atoms with van der Waals surface area (Å²) in [6.07, 6.45) is 3.59. The van der Waals surface area contributed by atoms with Gasteiger partial charge in [-0.25, -0.2) is 0 Å². The van der Waals surface area contributed by atoms with Crippen molar-refractivity contribution in [1.29, 1.82) is 0 Å². The Morgan fingerprint density at radius 3 is 3.17 bits per heavy atom. The maximum absolute atomic E-state index is 12.2. The van der Waals surface area contributed by atoms with Crippen LogP contribution < -0.4 is 10.6 Å². The van der Waals surface area contributed by atoms with Crippen LogP contribution in [0.1, 0.15) is 26.5 Å². The van der Waals surface area contributed by atoms with Gasteiger partial charge in [0.1, 0.15) is 0 Å². The maximum Gasteiger partial charge on any atom is 0.261 e. The molecule has 1 saturated heterocycles. The van der Waals surface area contributed by atoms with Crippen LogP contribution in [-0.2, 0) is 17.6 Å². The van der Waals surface area contributed by atoms with Crippen LogP contribution in [0.5, 0.6) is 0 Å². The molecule has 1 amide bonds. The zero-order valence-corrected chi connectivity index (χ0v) is 11.3. The van der Waals surface area contributed by atoms with Crippen molar-refractivity contribution in [2.24, 2.45) is 0 Å². The Morgan fingerprint density at radius 1 is 1.50 bits per heavy atom. The number of hydrogen-bond donors (Lipinski definition) is 2. The molecule has 18 heavy (non-hydrogen) atoms. The fourth-order valence-electron chi connectivity index (χ4n) is 2.73. The summed E-state index contributed by atoms with van der Waals surface area (Å²) in [5.74, 6) is 0.0464. The number of amides is 1. The first-order chi connectivity index (χ1) is 8.78. The van der Waals surface area contributed by atoms with Crippen molar-refractivity contribution in [2.45, 2.75) is 31.4 Å². The second-order valence-corrected chi connectivity index (χ2v) is 6.06. The number of hydrogen-bond acceptors (Lipinski definition) is 4. The van der Waals surface area contributed by atoms with Gasteiger partial charge in [0.25, 0.3) is 5.91 Å². The van der Waals surface area contributed by atoms with Gasteiger partial charge in [-0.2, -0.15) is 0 Å². The van der Waals surface area contributed by atoms with Crippen molar-refractivity contribution in [1.82, 2.24) is 10.6 Å². The molecule has 1 unspecified atom stereocenters. The molecule has 1 aliphatic heterocycles. The number of aryl methyl sites for hydroxylation is 2. The molecular formula is C13H18N2O2S. The van der Waals surface area contributed by atoms with Crippen molar-refractivity contribution >= 4 is 17.2 Å². The molecule has 1 aliphatic carbocycles. The van der Waals surface area contributed by atoms with Gasteiger partial charge in [-0.1, -0.05) is 0 Å². The molecule has 0 spiro atoms. The third-order valence-corrected chi connectivity index (χ3v) is 4.98. The van der Waals surface area contributed by atoms with Crippen LogP contribution in [0, 0.1) is 0 Å². The van der Waals surface area contributed by atoms with E-state index in [0.717, 1.165) is 30.8 Å². The zero-order valence-electron chi connectivity index (χ0n) is 10.5. The summed E-state index contributed by atoms with van der Waals surface area (Å²) in [6.45, 7) is 1.59. The summed E-state index contributed by atoms with van der Waals surface area (Å²) >= 11 is 1.65. The van der Waals surface area contributed by atoms with Crippen LogP contribution >= 0.6 is 11.3 Å². The second kappa shape index (κ2) is 4.99. The fraction of sp³-hybridized carbons (Fsp3) is 0.615. The van der Waals surface area contributed by atoms with Gasteiger partial charge in [0, 0.05) is 25.1 Å². The first kappa shape index (κ1) is 12.1. The van der Waals surface area contributed by atoms with Crippen LogP contribution in [0.3, 0.4) is 0 Å². The number of nitrogens with one attached hydrogen (secondary N) is 2. The molecule has 5 heteroatoms. The van der Waals surface area contributed by atoms with Gasteiger partial charge >= 0.3 is 0 Å². The van der Waals surface area contributed by atoms with Crippen LogP contribution in [-0.4, -0.2) is 38.3 Å². The van der Waals surface area contributed by atoms with Crippen molar-refractivity contribution in [3.8, 4) is 0 Å². The van der Waals surface area contributed by atoms with E-state index in [9.17, 15) is 4.79 Å². The molecule has 98 valence electrons. The topological polar surface area (TPSA) is 50.4 Å². The first-order valence-electron chi connectivity index (χ1n) is 6.44. The summed E-state index contributed by atoms with van der Waals surface area (Å²) in [4.78, 5) is 14.4. The molecule has 3 rings (SSSR count). The molecule has 1 aromatic rings. The van der Waals surface area contributed by atoms with E-state index in [2.05, 4.69) is 16.7 Å². The largest absolute Gasteiger partial charge is 0.378 e. The average Bonchev–Trinajstić information content (AvgIpc) is 3.02. The Hall–Kier alpha value is -0.910. The number of carbonyl (C=O) groups is 1. The summed E-state index contributed by atoms with van der Waals surface area (Å²) in [5, 5.41) is 6.30. The van der Waals surface area contributed by atoms with Crippen LogP contribution in [0.4, 0.5) is 0 Å². The van der Waals surface area contributed by atoms with Gasteiger partial charge < -0.3 is 15.4 Å². The SMILES string of the molecule is CO[C@H]1CNCC1NC(=O)c1cc2c(s1)CCC2. The minimum Gasteiger partial charge on any atom is -0.378 e. The van der Waals surface area contributed by atoms with Gasteiger partial charge in [-0.05, 0) is 30.9 Å². The lowest BCUT2D eigenvalue weighted by atomic mass is 10.2. The number of carbonyl (C=O) groups excluding carboxylic acids is 1. The van der Waals surface area contributed by atoms with E-state index in [4.69, 9.17) is 4.74 Å². The number of methoxy groups -OCH3 is 1. The van der Waals surface area contributed by atoms with Gasteiger partial charge in [0.2, 0.25) is 0 Å². The zero-order chi connectivity index (χ0) is 12.5. The van der Waals surface area contributed by atoms with Crippen LogP contribution in [0.25, 0.3) is 0 Å². The standard InChI is InChI=1S/C13H18N2O2S/c1-17-10-7-14-6-9(10)15-13(16)12-5-8-3-2-4-11(8)18-12/h5,9-10,14H,2-4,6-7H2,1H3,(H,15,16)/t9?,10-/m0/s1. The van der Waals surface area contributed by atoms with E-state index >= 15 is 0 Å². The van der Waals surface area contributed by atoms with E-state index in [0.29, 0.717) is 0 Å². The molecule has 0 saturated carbocycles. The number of thiophene rings is 1. The summed E-state index contributed by atoms with van der Waals surface area (Å²) in [7, 11) is 1.69. The monoisotopic (exact) mass is 266 g/mol. The Morgan fingerprint density at radius 2 is 2.39 bits per heavy atom. The van der Waals surface area contributed by atoms with Gasteiger partial charge in [-0.15, -0.1) is 11.3 Å². The molecule has 4 nitrogen and oxygen atoms in total. The lowest BCUT2D eigenvalue weighted by Crippen LogP contribution is -2.43. The molecule has 2 N–H and O–H groups in total. The molecule has 2 atom stereocenters. The first-order valence-corrected chi connectivity index (χ1v) is 7.25. The van der Waals surface area contributed by atoms with E-state index in [1.807, 2.05) is 0 Å². The molecule has 1 aromatic heterocycles. The molecule has 0 bridgehead atoms. The summed E-state index contributed by atoms with van der Waals surface area (Å²) in [5.41, 5.74) is 1.37. The predicted molar refractivity (Wildman–Crippen MR) is 71.3 cm³/mol. The number of ether oxygens (including phenoxy) is 1. The smallest absolute Gasteiger partial charge is 0.261 e. The highest BCUT2D eigenvalue weighted by Gasteiger charge is 2.29. The lowest BCUT2D eigenvalue weighted by Gasteiger charge is -2.17. The molecule has 2 heterocycles. The Balaban J connectivity index is 1.67. The summed E-state index contributed by atoms with van der Waals surface area (Å²) in [6, 6.07) is 2.14. The van der Waals surface area contributed by atoms with Crippen molar-refractivity contribution < 1.29 is 9.53 Å². The van der Waals surface area contributed by atoms with Crippen LogP contribution in [0.15, 0.2) is 6.07 Å². The predicted octanol–water partition coefficient (Wildman–Crippen LogP) is 0.953. The highest BCUT2D eigenvalue weighted by Crippen LogP contribution is 2.30. The third kappa shape index (κ3) is 2.18. The third-order valence-electron chi connectivity index (χ3n) is 3.75. The normalized spacial score (nSPS) is 26.3. The van der Waals surface area contributed by atoms with E-state index in [-0.39, 0.29) is 18.1 Å². The quantitative estimate of drug-likeness (QED) is 0.856. The molecule has 0 radical (unpaired) electrons. The number of fused-ring (bicyclic) bond motifs is 1. The van der Waals surface area contributed by atoms with Gasteiger partial charge in [-0.3, -0.25) is 4.79 Å². The van der Waals surface area contributed by atoms with E-state index in [1.54, 1.807) is 18.4 Å². The maximum atomic E-state index is 12.2. The van der Waals surface area contributed by atoms with Crippen molar-refractivity contribution in [3.05, 3.63) is 21.4 Å². The highest BCUT2D eigenvalue weighted by atomic mass is 32.1. The highest BCUT2D eigenvalue weighted by molar-refractivity contribution is 7.14. The molecular weight excluding hydrogens is 248 g/mol. The Labute approximate surface area is 111 Å². The number of rotatable bonds is 3. The van der Waals surface area contributed by atoms with Crippen LogP contribution in [0.2, 0.25) is 0 Å². The fourth-order valence-corrected chi connectivity index (χ4v) is 3.88. The Bertz CT molecular complexity index is 436.